The SMILES string of the molecule is CC(C)COCC(NC(=O)c1cc(C2CC2)nc2onc(-c3ccccc3)c12)c1ccco1. The van der Waals surface area contributed by atoms with Crippen molar-refractivity contribution in [3.05, 3.63) is 71.8 Å². The molecule has 4 aromatic rings. The largest absolute Gasteiger partial charge is 0.467 e. The molecule has 5 rings (SSSR count). The van der Waals surface area contributed by atoms with E-state index in [1.807, 2.05) is 42.5 Å². The molecule has 0 saturated heterocycles. The van der Waals surface area contributed by atoms with E-state index in [1.165, 1.54) is 0 Å². The van der Waals surface area contributed by atoms with Gasteiger partial charge in [0.05, 0.1) is 23.8 Å². The summed E-state index contributed by atoms with van der Waals surface area (Å²) in [5.41, 5.74) is 3.23. The molecule has 0 bridgehead atoms. The van der Waals surface area contributed by atoms with Gasteiger partial charge in [-0.15, -0.1) is 0 Å². The third-order valence-corrected chi connectivity index (χ3v) is 5.68. The highest BCUT2D eigenvalue weighted by Crippen LogP contribution is 2.41. The van der Waals surface area contributed by atoms with Gasteiger partial charge in [-0.05, 0) is 37.0 Å². The van der Waals surface area contributed by atoms with Crippen LogP contribution in [0.1, 0.15) is 60.5 Å². The number of aromatic nitrogens is 2. The van der Waals surface area contributed by atoms with Crippen LogP contribution in [0, 0.1) is 5.92 Å². The lowest BCUT2D eigenvalue weighted by molar-refractivity contribution is 0.0731. The normalized spacial score (nSPS) is 14.6. The van der Waals surface area contributed by atoms with Gasteiger partial charge in [0.25, 0.3) is 11.6 Å². The second-order valence-electron chi connectivity index (χ2n) is 8.92. The number of carbonyl (C=O) groups excluding carboxylic acids is 1. The average molecular weight is 446 g/mol. The molecule has 1 aromatic carbocycles. The van der Waals surface area contributed by atoms with Crippen molar-refractivity contribution in [2.75, 3.05) is 13.2 Å². The minimum Gasteiger partial charge on any atom is -0.467 e. The number of hydrogen-bond donors (Lipinski definition) is 1. The third-order valence-electron chi connectivity index (χ3n) is 5.68. The van der Waals surface area contributed by atoms with E-state index >= 15 is 0 Å². The molecule has 1 fully saturated rings. The van der Waals surface area contributed by atoms with Crippen LogP contribution in [0.5, 0.6) is 0 Å². The van der Waals surface area contributed by atoms with Gasteiger partial charge in [-0.2, -0.15) is 0 Å². The van der Waals surface area contributed by atoms with Gasteiger partial charge in [0.15, 0.2) is 0 Å². The molecule has 0 radical (unpaired) electrons. The summed E-state index contributed by atoms with van der Waals surface area (Å²) in [4.78, 5) is 18.3. The van der Waals surface area contributed by atoms with Crippen molar-refractivity contribution in [1.82, 2.24) is 15.5 Å². The standard InChI is InChI=1S/C26H27N3O4/c1-16(2)14-31-15-21(22-9-6-12-32-22)27-25(30)19-13-20(17-10-11-17)28-26-23(19)24(29-33-26)18-7-4-3-5-8-18/h3-9,12-13,16-17,21H,10-11,14-15H2,1-2H3,(H,27,30). The summed E-state index contributed by atoms with van der Waals surface area (Å²) in [6.07, 6.45) is 3.73. The fraction of sp³-hybridized carbons (Fsp3) is 0.346. The van der Waals surface area contributed by atoms with Crippen LogP contribution in [0.3, 0.4) is 0 Å². The first-order valence-corrected chi connectivity index (χ1v) is 11.4. The fourth-order valence-electron chi connectivity index (χ4n) is 3.87. The van der Waals surface area contributed by atoms with Gasteiger partial charge in [-0.25, -0.2) is 4.98 Å². The minimum atomic E-state index is -0.418. The third kappa shape index (κ3) is 4.68. The van der Waals surface area contributed by atoms with Gasteiger partial charge in [-0.1, -0.05) is 49.3 Å². The number of furan rings is 1. The Bertz CT molecular complexity index is 1230. The number of rotatable bonds is 9. The first kappa shape index (κ1) is 21.4. The molecule has 1 N–H and O–H groups in total. The predicted octanol–water partition coefficient (Wildman–Crippen LogP) is 5.50. The average Bonchev–Trinajstić information content (AvgIpc) is 3.35. The first-order chi connectivity index (χ1) is 16.1. The zero-order valence-electron chi connectivity index (χ0n) is 18.8. The number of hydrogen-bond acceptors (Lipinski definition) is 6. The van der Waals surface area contributed by atoms with Gasteiger partial charge < -0.3 is 19.0 Å². The van der Waals surface area contributed by atoms with Crippen LogP contribution in [0.15, 0.2) is 63.7 Å². The smallest absolute Gasteiger partial charge is 0.259 e. The Morgan fingerprint density at radius 2 is 1.97 bits per heavy atom. The van der Waals surface area contributed by atoms with E-state index in [1.54, 1.807) is 12.3 Å². The quantitative estimate of drug-likeness (QED) is 0.366. The van der Waals surface area contributed by atoms with Crippen molar-refractivity contribution in [3.63, 3.8) is 0 Å². The second-order valence-corrected chi connectivity index (χ2v) is 8.92. The number of ether oxygens (including phenoxy) is 1. The van der Waals surface area contributed by atoms with Crippen molar-refractivity contribution in [3.8, 4) is 11.3 Å². The molecule has 170 valence electrons. The number of pyridine rings is 1. The Morgan fingerprint density at radius 1 is 1.15 bits per heavy atom. The molecule has 33 heavy (non-hydrogen) atoms. The summed E-state index contributed by atoms with van der Waals surface area (Å²) in [6.45, 7) is 5.09. The van der Waals surface area contributed by atoms with E-state index in [0.717, 1.165) is 24.1 Å². The molecule has 3 aromatic heterocycles. The summed E-state index contributed by atoms with van der Waals surface area (Å²) < 4.78 is 17.0. The number of amides is 1. The molecule has 7 nitrogen and oxygen atoms in total. The van der Waals surface area contributed by atoms with Crippen LogP contribution in [0.4, 0.5) is 0 Å². The molecule has 0 aliphatic heterocycles. The van der Waals surface area contributed by atoms with Crippen LogP contribution in [-0.2, 0) is 4.74 Å². The molecule has 1 unspecified atom stereocenters. The summed E-state index contributed by atoms with van der Waals surface area (Å²) >= 11 is 0. The highest BCUT2D eigenvalue weighted by atomic mass is 16.5. The maximum Gasteiger partial charge on any atom is 0.259 e. The van der Waals surface area contributed by atoms with Crippen molar-refractivity contribution < 1.29 is 18.5 Å². The zero-order valence-corrected chi connectivity index (χ0v) is 18.8. The van der Waals surface area contributed by atoms with Crippen LogP contribution in [0.25, 0.3) is 22.4 Å². The highest BCUT2D eigenvalue weighted by molar-refractivity contribution is 6.09. The lowest BCUT2D eigenvalue weighted by atomic mass is 10.0. The Balaban J connectivity index is 1.51. The lowest BCUT2D eigenvalue weighted by Gasteiger charge is -2.18. The Kier molecular flexibility index (Phi) is 5.96. The summed E-state index contributed by atoms with van der Waals surface area (Å²) in [7, 11) is 0. The van der Waals surface area contributed by atoms with Gasteiger partial charge in [0, 0.05) is 23.8 Å². The number of nitrogens with zero attached hydrogens (tertiary/aromatic N) is 2. The highest BCUT2D eigenvalue weighted by Gasteiger charge is 2.30. The molecule has 1 atom stereocenters. The van der Waals surface area contributed by atoms with Gasteiger partial charge >= 0.3 is 0 Å². The van der Waals surface area contributed by atoms with Crippen molar-refractivity contribution >= 4 is 17.0 Å². The molecule has 1 amide bonds. The van der Waals surface area contributed by atoms with Crippen LogP contribution in [-0.4, -0.2) is 29.3 Å². The molecule has 7 heteroatoms. The zero-order chi connectivity index (χ0) is 22.8. The molecule has 1 saturated carbocycles. The van der Waals surface area contributed by atoms with Crippen LogP contribution in [0.2, 0.25) is 0 Å². The number of carbonyl (C=O) groups is 1. The van der Waals surface area contributed by atoms with E-state index in [4.69, 9.17) is 13.7 Å². The Labute approximate surface area is 192 Å². The fourth-order valence-corrected chi connectivity index (χ4v) is 3.87. The predicted molar refractivity (Wildman–Crippen MR) is 124 cm³/mol. The molecule has 3 heterocycles. The van der Waals surface area contributed by atoms with Gasteiger partial charge in [-0.3, -0.25) is 4.79 Å². The van der Waals surface area contributed by atoms with Crippen molar-refractivity contribution in [1.29, 1.82) is 0 Å². The van der Waals surface area contributed by atoms with Crippen LogP contribution >= 0.6 is 0 Å². The monoisotopic (exact) mass is 445 g/mol. The van der Waals surface area contributed by atoms with Crippen LogP contribution < -0.4 is 5.32 Å². The molecule has 1 aliphatic carbocycles. The molecular weight excluding hydrogens is 418 g/mol. The lowest BCUT2D eigenvalue weighted by Crippen LogP contribution is -2.32. The summed E-state index contributed by atoms with van der Waals surface area (Å²) in [6, 6.07) is 14.8. The number of fused-ring (bicyclic) bond motifs is 1. The molecule has 1 aliphatic rings. The van der Waals surface area contributed by atoms with Crippen molar-refractivity contribution in [2.24, 2.45) is 5.92 Å². The molecule has 0 spiro atoms. The molecular formula is C26H27N3O4. The van der Waals surface area contributed by atoms with E-state index in [9.17, 15) is 4.79 Å². The topological polar surface area (TPSA) is 90.4 Å². The number of nitrogens with one attached hydrogen (secondary N) is 1. The van der Waals surface area contributed by atoms with Gasteiger partial charge in [0.2, 0.25) is 0 Å². The Morgan fingerprint density at radius 3 is 2.67 bits per heavy atom. The first-order valence-electron chi connectivity index (χ1n) is 11.4. The van der Waals surface area contributed by atoms with E-state index in [-0.39, 0.29) is 5.91 Å². The second kappa shape index (κ2) is 9.19. The summed E-state index contributed by atoms with van der Waals surface area (Å²) in [5, 5.41) is 7.98. The van der Waals surface area contributed by atoms with E-state index < -0.39 is 6.04 Å². The minimum absolute atomic E-state index is 0.237. The maximum absolute atomic E-state index is 13.6. The Hall–Kier alpha value is -3.45. The van der Waals surface area contributed by atoms with E-state index in [0.29, 0.717) is 53.2 Å². The van der Waals surface area contributed by atoms with Crippen molar-refractivity contribution in [2.45, 2.75) is 38.6 Å². The number of benzene rings is 1. The van der Waals surface area contributed by atoms with Gasteiger partial charge in [0.1, 0.15) is 17.5 Å². The maximum atomic E-state index is 13.6. The summed E-state index contributed by atoms with van der Waals surface area (Å²) in [5.74, 6) is 1.17. The van der Waals surface area contributed by atoms with E-state index in [2.05, 4.69) is 29.3 Å².